The molecule has 2 aromatic carbocycles. The Morgan fingerprint density at radius 2 is 1.81 bits per heavy atom. The second kappa shape index (κ2) is 6.97. The van der Waals surface area contributed by atoms with Gasteiger partial charge in [0, 0.05) is 11.1 Å². The number of benzene rings is 2. The zero-order valence-electron chi connectivity index (χ0n) is 13.0. The van der Waals surface area contributed by atoms with Crippen molar-refractivity contribution >= 4 is 11.6 Å². The van der Waals surface area contributed by atoms with Crippen LogP contribution in [0, 0.1) is 13.8 Å². The van der Waals surface area contributed by atoms with Crippen LogP contribution in [0.4, 0.5) is 0 Å². The van der Waals surface area contributed by atoms with Gasteiger partial charge in [0.1, 0.15) is 11.5 Å². The molecule has 2 aromatic rings. The standard InChI is InChI=1S/C18H22ClNO/c1-5-20-14(4)15-7-6-8-17(11-15)21-18-12(2)9-16(19)10-13(18)3/h6-11,14,20H,5H2,1-4H3. The minimum Gasteiger partial charge on any atom is -0.457 e. The van der Waals surface area contributed by atoms with Crippen LogP contribution in [0.25, 0.3) is 0 Å². The van der Waals surface area contributed by atoms with Crippen molar-refractivity contribution in [3.05, 3.63) is 58.1 Å². The van der Waals surface area contributed by atoms with Gasteiger partial charge in [-0.05, 0) is 68.3 Å². The van der Waals surface area contributed by atoms with Crippen LogP contribution in [0.3, 0.4) is 0 Å². The fraction of sp³-hybridized carbons (Fsp3) is 0.333. The molecule has 1 N–H and O–H groups in total. The smallest absolute Gasteiger partial charge is 0.133 e. The predicted octanol–water partition coefficient (Wildman–Crippen LogP) is 5.42. The highest BCUT2D eigenvalue weighted by Gasteiger charge is 2.09. The molecule has 0 heterocycles. The Bertz CT molecular complexity index is 601. The average Bonchev–Trinajstić information content (AvgIpc) is 2.43. The lowest BCUT2D eigenvalue weighted by molar-refractivity contribution is 0.472. The molecule has 0 aliphatic heterocycles. The van der Waals surface area contributed by atoms with Crippen LogP contribution in [-0.2, 0) is 0 Å². The summed E-state index contributed by atoms with van der Waals surface area (Å²) in [7, 11) is 0. The van der Waals surface area contributed by atoms with Crippen molar-refractivity contribution < 1.29 is 4.74 Å². The average molecular weight is 304 g/mol. The first-order valence-electron chi connectivity index (χ1n) is 7.29. The number of nitrogens with one attached hydrogen (secondary N) is 1. The summed E-state index contributed by atoms with van der Waals surface area (Å²) < 4.78 is 6.08. The van der Waals surface area contributed by atoms with E-state index in [4.69, 9.17) is 16.3 Å². The van der Waals surface area contributed by atoms with E-state index in [9.17, 15) is 0 Å². The lowest BCUT2D eigenvalue weighted by atomic mass is 10.1. The fourth-order valence-corrected chi connectivity index (χ4v) is 2.78. The summed E-state index contributed by atoms with van der Waals surface area (Å²) in [6.07, 6.45) is 0. The summed E-state index contributed by atoms with van der Waals surface area (Å²) >= 11 is 6.06. The molecular formula is C18H22ClNO. The molecule has 0 aromatic heterocycles. The number of aryl methyl sites for hydroxylation is 2. The maximum atomic E-state index is 6.08. The molecule has 0 spiro atoms. The molecule has 0 radical (unpaired) electrons. The van der Waals surface area contributed by atoms with Crippen molar-refractivity contribution in [2.24, 2.45) is 0 Å². The minimum atomic E-state index is 0.311. The second-order valence-corrected chi connectivity index (χ2v) is 5.76. The van der Waals surface area contributed by atoms with E-state index >= 15 is 0 Å². The molecular weight excluding hydrogens is 282 g/mol. The van der Waals surface area contributed by atoms with Gasteiger partial charge < -0.3 is 10.1 Å². The molecule has 0 aliphatic rings. The maximum absolute atomic E-state index is 6.08. The van der Waals surface area contributed by atoms with E-state index in [1.165, 1.54) is 5.56 Å². The summed E-state index contributed by atoms with van der Waals surface area (Å²) in [5.74, 6) is 1.73. The zero-order chi connectivity index (χ0) is 15.4. The third-order valence-electron chi connectivity index (χ3n) is 3.51. The number of hydrogen-bond donors (Lipinski definition) is 1. The van der Waals surface area contributed by atoms with Crippen molar-refractivity contribution in [3.8, 4) is 11.5 Å². The molecule has 21 heavy (non-hydrogen) atoms. The summed E-state index contributed by atoms with van der Waals surface area (Å²) in [6.45, 7) is 9.24. The van der Waals surface area contributed by atoms with Gasteiger partial charge in [0.2, 0.25) is 0 Å². The Morgan fingerprint density at radius 3 is 2.43 bits per heavy atom. The first kappa shape index (κ1) is 15.9. The first-order chi connectivity index (χ1) is 10.0. The molecule has 112 valence electrons. The van der Waals surface area contributed by atoms with Gasteiger partial charge >= 0.3 is 0 Å². The summed E-state index contributed by atoms with van der Waals surface area (Å²) in [5, 5.41) is 4.15. The second-order valence-electron chi connectivity index (χ2n) is 5.32. The van der Waals surface area contributed by atoms with Crippen LogP contribution in [-0.4, -0.2) is 6.54 Å². The molecule has 0 bridgehead atoms. The van der Waals surface area contributed by atoms with Crippen molar-refractivity contribution in [2.45, 2.75) is 33.7 Å². The molecule has 0 saturated carbocycles. The van der Waals surface area contributed by atoms with E-state index in [1.807, 2.05) is 38.1 Å². The molecule has 0 saturated heterocycles. The molecule has 0 amide bonds. The number of ether oxygens (including phenoxy) is 1. The predicted molar refractivity (Wildman–Crippen MR) is 89.5 cm³/mol. The van der Waals surface area contributed by atoms with Gasteiger partial charge in [-0.15, -0.1) is 0 Å². The number of rotatable bonds is 5. The summed E-state index contributed by atoms with van der Waals surface area (Å²) in [6, 6.07) is 12.4. The van der Waals surface area contributed by atoms with Crippen LogP contribution in [0.15, 0.2) is 36.4 Å². The number of hydrogen-bond acceptors (Lipinski definition) is 2. The summed E-state index contributed by atoms with van der Waals surface area (Å²) in [4.78, 5) is 0. The van der Waals surface area contributed by atoms with Crippen LogP contribution in [0.1, 0.15) is 36.6 Å². The lowest BCUT2D eigenvalue weighted by Crippen LogP contribution is -2.17. The van der Waals surface area contributed by atoms with E-state index in [-0.39, 0.29) is 0 Å². The molecule has 2 rings (SSSR count). The zero-order valence-corrected chi connectivity index (χ0v) is 13.8. The monoisotopic (exact) mass is 303 g/mol. The Kier molecular flexibility index (Phi) is 5.27. The highest BCUT2D eigenvalue weighted by molar-refractivity contribution is 6.30. The molecule has 0 fully saturated rings. The first-order valence-corrected chi connectivity index (χ1v) is 7.67. The highest BCUT2D eigenvalue weighted by atomic mass is 35.5. The lowest BCUT2D eigenvalue weighted by Gasteiger charge is -2.16. The molecule has 1 atom stereocenters. The third-order valence-corrected chi connectivity index (χ3v) is 3.73. The maximum Gasteiger partial charge on any atom is 0.133 e. The van der Waals surface area contributed by atoms with Crippen LogP contribution in [0.2, 0.25) is 5.02 Å². The van der Waals surface area contributed by atoms with Gasteiger partial charge in [-0.1, -0.05) is 30.7 Å². The molecule has 0 aliphatic carbocycles. The minimum absolute atomic E-state index is 0.311. The van der Waals surface area contributed by atoms with Crippen LogP contribution in [0.5, 0.6) is 11.5 Å². The highest BCUT2D eigenvalue weighted by Crippen LogP contribution is 2.32. The Hall–Kier alpha value is -1.51. The van der Waals surface area contributed by atoms with E-state index < -0.39 is 0 Å². The van der Waals surface area contributed by atoms with Crippen LogP contribution >= 0.6 is 11.6 Å². The third kappa shape index (κ3) is 3.99. The van der Waals surface area contributed by atoms with Crippen molar-refractivity contribution in [1.82, 2.24) is 5.32 Å². The quantitative estimate of drug-likeness (QED) is 0.796. The van der Waals surface area contributed by atoms with E-state index in [0.29, 0.717) is 6.04 Å². The van der Waals surface area contributed by atoms with E-state index in [1.54, 1.807) is 0 Å². The normalized spacial score (nSPS) is 12.2. The Balaban J connectivity index is 2.26. The van der Waals surface area contributed by atoms with Crippen molar-refractivity contribution in [1.29, 1.82) is 0 Å². The summed E-state index contributed by atoms with van der Waals surface area (Å²) in [5.41, 5.74) is 3.31. The Labute approximate surface area is 132 Å². The number of halogens is 1. The van der Waals surface area contributed by atoms with Gasteiger partial charge in [-0.3, -0.25) is 0 Å². The van der Waals surface area contributed by atoms with Crippen molar-refractivity contribution in [3.63, 3.8) is 0 Å². The van der Waals surface area contributed by atoms with Gasteiger partial charge in [-0.25, -0.2) is 0 Å². The van der Waals surface area contributed by atoms with E-state index in [0.717, 1.165) is 34.2 Å². The van der Waals surface area contributed by atoms with E-state index in [2.05, 4.69) is 31.3 Å². The Morgan fingerprint density at radius 1 is 1.14 bits per heavy atom. The van der Waals surface area contributed by atoms with Crippen molar-refractivity contribution in [2.75, 3.05) is 6.54 Å². The van der Waals surface area contributed by atoms with Gasteiger partial charge in [0.25, 0.3) is 0 Å². The SMILES string of the molecule is CCNC(C)c1cccc(Oc2c(C)cc(Cl)cc2C)c1. The molecule has 1 unspecified atom stereocenters. The van der Waals surface area contributed by atoms with Gasteiger partial charge in [0.05, 0.1) is 0 Å². The fourth-order valence-electron chi connectivity index (χ4n) is 2.45. The molecule has 2 nitrogen and oxygen atoms in total. The largest absolute Gasteiger partial charge is 0.457 e. The topological polar surface area (TPSA) is 21.3 Å². The van der Waals surface area contributed by atoms with Crippen LogP contribution < -0.4 is 10.1 Å². The van der Waals surface area contributed by atoms with Gasteiger partial charge in [-0.2, -0.15) is 0 Å². The van der Waals surface area contributed by atoms with Gasteiger partial charge in [0.15, 0.2) is 0 Å². The molecule has 3 heteroatoms.